The largest absolute Gasteiger partial charge is 0.383 e. The highest BCUT2D eigenvalue weighted by Crippen LogP contribution is 2.21. The third-order valence-corrected chi connectivity index (χ3v) is 2.62. The van der Waals surface area contributed by atoms with Crippen molar-refractivity contribution in [3.63, 3.8) is 0 Å². The molecule has 3 N–H and O–H groups in total. The summed E-state index contributed by atoms with van der Waals surface area (Å²) in [4.78, 5) is 8.69. The number of nitrogens with two attached hydrogens (primary N) is 1. The van der Waals surface area contributed by atoms with Crippen LogP contribution in [0.3, 0.4) is 0 Å². The first-order valence-corrected chi connectivity index (χ1v) is 5.27. The van der Waals surface area contributed by atoms with Gasteiger partial charge in [-0.1, -0.05) is 23.8 Å². The summed E-state index contributed by atoms with van der Waals surface area (Å²) in [6.07, 6.45) is 1.63. The Morgan fingerprint density at radius 1 is 1.24 bits per heavy atom. The molecule has 0 saturated heterocycles. The summed E-state index contributed by atoms with van der Waals surface area (Å²) >= 11 is 0. The van der Waals surface area contributed by atoms with Gasteiger partial charge in [-0.3, -0.25) is 5.10 Å². The highest BCUT2D eigenvalue weighted by Gasteiger charge is 2.08. The van der Waals surface area contributed by atoms with Gasteiger partial charge in [0.25, 0.3) is 0 Å². The van der Waals surface area contributed by atoms with Gasteiger partial charge in [-0.2, -0.15) is 5.10 Å². The zero-order chi connectivity index (χ0) is 11.8. The first kappa shape index (κ1) is 9.77. The number of rotatable bonds is 1. The summed E-state index contributed by atoms with van der Waals surface area (Å²) in [7, 11) is 0. The molecule has 0 aliphatic heterocycles. The predicted octanol–water partition coefficient (Wildman–Crippen LogP) is 1.91. The van der Waals surface area contributed by atoms with E-state index in [0.29, 0.717) is 17.3 Å². The minimum Gasteiger partial charge on any atom is -0.383 e. The Kier molecular flexibility index (Phi) is 2.04. The Labute approximate surface area is 97.7 Å². The summed E-state index contributed by atoms with van der Waals surface area (Å²) in [6.45, 7) is 2.03. The van der Waals surface area contributed by atoms with Crippen LogP contribution in [-0.4, -0.2) is 20.2 Å². The van der Waals surface area contributed by atoms with Crippen LogP contribution in [0.25, 0.3) is 22.4 Å². The molecule has 5 nitrogen and oxygen atoms in total. The summed E-state index contributed by atoms with van der Waals surface area (Å²) in [5.41, 5.74) is 8.64. The molecule has 1 aromatic carbocycles. The fourth-order valence-corrected chi connectivity index (χ4v) is 1.77. The Hall–Kier alpha value is -2.43. The van der Waals surface area contributed by atoms with Crippen molar-refractivity contribution < 1.29 is 0 Å². The lowest BCUT2D eigenvalue weighted by Crippen LogP contribution is -1.97. The number of hydrogen-bond acceptors (Lipinski definition) is 4. The molecule has 0 radical (unpaired) electrons. The number of fused-ring (bicyclic) bond motifs is 1. The van der Waals surface area contributed by atoms with Gasteiger partial charge < -0.3 is 5.73 Å². The highest BCUT2D eigenvalue weighted by molar-refractivity contribution is 5.86. The minimum absolute atomic E-state index is 0.445. The third-order valence-electron chi connectivity index (χ3n) is 2.62. The normalized spacial score (nSPS) is 10.9. The van der Waals surface area contributed by atoms with Gasteiger partial charge in [-0.05, 0) is 13.0 Å². The standard InChI is InChI=1S/C12H11N5/c1-7-3-2-4-8(5-7)11-15-10(13)9-6-14-17-12(9)16-11/h2-6H,1H3,(H3,13,14,15,16,17). The highest BCUT2D eigenvalue weighted by atomic mass is 15.2. The van der Waals surface area contributed by atoms with E-state index in [2.05, 4.69) is 20.2 Å². The van der Waals surface area contributed by atoms with Gasteiger partial charge in [-0.25, -0.2) is 9.97 Å². The van der Waals surface area contributed by atoms with E-state index in [1.807, 2.05) is 31.2 Å². The number of hydrogen-bond donors (Lipinski definition) is 2. The lowest BCUT2D eigenvalue weighted by Gasteiger charge is -2.03. The smallest absolute Gasteiger partial charge is 0.163 e. The molecular formula is C12H11N5. The molecular weight excluding hydrogens is 214 g/mol. The van der Waals surface area contributed by atoms with Gasteiger partial charge in [0.15, 0.2) is 11.5 Å². The number of aromatic amines is 1. The molecule has 0 unspecified atom stereocenters. The van der Waals surface area contributed by atoms with Crippen LogP contribution in [0.5, 0.6) is 0 Å². The Morgan fingerprint density at radius 2 is 2.12 bits per heavy atom. The predicted molar refractivity (Wildman–Crippen MR) is 66.3 cm³/mol. The van der Waals surface area contributed by atoms with E-state index in [-0.39, 0.29) is 0 Å². The maximum absolute atomic E-state index is 5.87. The lowest BCUT2D eigenvalue weighted by molar-refractivity contribution is 1.09. The quantitative estimate of drug-likeness (QED) is 0.663. The van der Waals surface area contributed by atoms with E-state index >= 15 is 0 Å². The number of benzene rings is 1. The molecule has 3 aromatic rings. The molecule has 0 saturated carbocycles. The molecule has 0 aliphatic rings. The average Bonchev–Trinajstić information content (AvgIpc) is 2.77. The van der Waals surface area contributed by atoms with Gasteiger partial charge in [0.2, 0.25) is 0 Å². The van der Waals surface area contributed by atoms with Crippen LogP contribution in [-0.2, 0) is 0 Å². The van der Waals surface area contributed by atoms with E-state index in [1.165, 1.54) is 0 Å². The number of nitrogens with one attached hydrogen (secondary N) is 1. The zero-order valence-electron chi connectivity index (χ0n) is 9.31. The van der Waals surface area contributed by atoms with Crippen molar-refractivity contribution in [2.75, 3.05) is 5.73 Å². The van der Waals surface area contributed by atoms with Crippen molar-refractivity contribution >= 4 is 16.9 Å². The molecule has 0 aliphatic carbocycles. The summed E-state index contributed by atoms with van der Waals surface area (Å²) in [6, 6.07) is 7.99. The van der Waals surface area contributed by atoms with Crippen molar-refractivity contribution in [1.29, 1.82) is 0 Å². The number of anilines is 1. The topological polar surface area (TPSA) is 80.5 Å². The molecule has 0 amide bonds. The zero-order valence-corrected chi connectivity index (χ0v) is 9.31. The summed E-state index contributed by atoms with van der Waals surface area (Å²) in [5, 5.41) is 7.46. The minimum atomic E-state index is 0.445. The second kappa shape index (κ2) is 3.55. The Bertz CT molecular complexity index is 686. The van der Waals surface area contributed by atoms with Crippen molar-refractivity contribution in [2.24, 2.45) is 0 Å². The van der Waals surface area contributed by atoms with Crippen LogP contribution in [0.1, 0.15) is 5.56 Å². The van der Waals surface area contributed by atoms with E-state index in [1.54, 1.807) is 6.20 Å². The van der Waals surface area contributed by atoms with Gasteiger partial charge in [-0.15, -0.1) is 0 Å². The number of aryl methyl sites for hydroxylation is 1. The number of nitrogens with zero attached hydrogens (tertiary/aromatic N) is 3. The molecule has 0 atom stereocenters. The molecule has 0 bridgehead atoms. The Morgan fingerprint density at radius 3 is 2.94 bits per heavy atom. The average molecular weight is 225 g/mol. The second-order valence-electron chi connectivity index (χ2n) is 3.93. The number of H-pyrrole nitrogens is 1. The third kappa shape index (κ3) is 1.61. The van der Waals surface area contributed by atoms with E-state index in [0.717, 1.165) is 16.5 Å². The van der Waals surface area contributed by atoms with Gasteiger partial charge in [0.05, 0.1) is 11.6 Å². The van der Waals surface area contributed by atoms with E-state index < -0.39 is 0 Å². The van der Waals surface area contributed by atoms with Crippen LogP contribution < -0.4 is 5.73 Å². The first-order chi connectivity index (χ1) is 8.24. The molecule has 2 aromatic heterocycles. The molecule has 0 spiro atoms. The molecule has 2 heterocycles. The molecule has 5 heteroatoms. The molecule has 0 fully saturated rings. The maximum Gasteiger partial charge on any atom is 0.163 e. The van der Waals surface area contributed by atoms with Crippen molar-refractivity contribution in [3.8, 4) is 11.4 Å². The fraction of sp³-hybridized carbons (Fsp3) is 0.0833. The van der Waals surface area contributed by atoms with Gasteiger partial charge >= 0.3 is 0 Å². The van der Waals surface area contributed by atoms with E-state index in [4.69, 9.17) is 5.73 Å². The van der Waals surface area contributed by atoms with Crippen LogP contribution >= 0.6 is 0 Å². The van der Waals surface area contributed by atoms with Crippen molar-refractivity contribution in [2.45, 2.75) is 6.92 Å². The van der Waals surface area contributed by atoms with Crippen LogP contribution in [0.2, 0.25) is 0 Å². The fourth-order valence-electron chi connectivity index (χ4n) is 1.77. The van der Waals surface area contributed by atoms with Gasteiger partial charge in [0, 0.05) is 5.56 Å². The van der Waals surface area contributed by atoms with Crippen molar-refractivity contribution in [3.05, 3.63) is 36.0 Å². The Balaban J connectivity index is 2.23. The van der Waals surface area contributed by atoms with Crippen LogP contribution in [0.15, 0.2) is 30.5 Å². The number of aromatic nitrogens is 4. The van der Waals surface area contributed by atoms with Gasteiger partial charge in [0.1, 0.15) is 5.82 Å². The molecule has 3 rings (SSSR count). The maximum atomic E-state index is 5.87. The molecule has 17 heavy (non-hydrogen) atoms. The number of nitrogen functional groups attached to an aromatic ring is 1. The van der Waals surface area contributed by atoms with Crippen LogP contribution in [0, 0.1) is 6.92 Å². The SMILES string of the molecule is Cc1cccc(-c2nc(N)c3cn[nH]c3n2)c1. The second-order valence-corrected chi connectivity index (χ2v) is 3.93. The van der Waals surface area contributed by atoms with E-state index in [9.17, 15) is 0 Å². The first-order valence-electron chi connectivity index (χ1n) is 5.27. The summed E-state index contributed by atoms with van der Waals surface area (Å²) < 4.78 is 0. The molecule has 84 valence electrons. The van der Waals surface area contributed by atoms with Crippen LogP contribution in [0.4, 0.5) is 5.82 Å². The monoisotopic (exact) mass is 225 g/mol. The lowest BCUT2D eigenvalue weighted by atomic mass is 10.1. The summed E-state index contributed by atoms with van der Waals surface area (Å²) in [5.74, 6) is 1.06. The van der Waals surface area contributed by atoms with Crippen molar-refractivity contribution in [1.82, 2.24) is 20.2 Å².